The molecule has 7 heteroatoms. The summed E-state index contributed by atoms with van der Waals surface area (Å²) in [6.07, 6.45) is -0.355. The molecule has 7 nitrogen and oxygen atoms in total. The van der Waals surface area contributed by atoms with Crippen LogP contribution < -0.4 is 5.32 Å². The molecule has 2 N–H and O–H groups in total. The molecule has 1 aromatic carbocycles. The Morgan fingerprint density at radius 1 is 1.55 bits per heavy atom. The summed E-state index contributed by atoms with van der Waals surface area (Å²) in [6, 6.07) is 4.58. The van der Waals surface area contributed by atoms with E-state index < -0.39 is 16.9 Å². The van der Waals surface area contributed by atoms with E-state index in [1.54, 1.807) is 19.1 Å². The number of aliphatic hydroxyl groups excluding tert-OH is 1. The predicted octanol–water partition coefficient (Wildman–Crippen LogP) is 1.03. The smallest absolute Gasteiger partial charge is 0.285 e. The van der Waals surface area contributed by atoms with Gasteiger partial charge >= 0.3 is 0 Å². The van der Waals surface area contributed by atoms with Crippen molar-refractivity contribution in [2.45, 2.75) is 19.4 Å². The summed E-state index contributed by atoms with van der Waals surface area (Å²) in [5, 5.41) is 23.0. The number of ether oxygens (including phenoxy) is 1. The lowest BCUT2D eigenvalue weighted by Crippen LogP contribution is -2.29. The third kappa shape index (κ3) is 4.29. The monoisotopic (exact) mass is 282 g/mol. The second-order valence-electron chi connectivity index (χ2n) is 4.38. The van der Waals surface area contributed by atoms with Gasteiger partial charge in [0.15, 0.2) is 0 Å². The molecule has 0 aromatic heterocycles. The number of aryl methyl sites for hydroxylation is 1. The number of carbonyl (C=O) groups excluding carboxylic acids is 1. The van der Waals surface area contributed by atoms with Gasteiger partial charge in [-0.2, -0.15) is 0 Å². The van der Waals surface area contributed by atoms with Crippen LogP contribution in [0.3, 0.4) is 0 Å². The van der Waals surface area contributed by atoms with Crippen LogP contribution in [0.1, 0.15) is 22.3 Å². The summed E-state index contributed by atoms with van der Waals surface area (Å²) in [4.78, 5) is 22.4. The lowest BCUT2D eigenvalue weighted by molar-refractivity contribution is -0.385. The second kappa shape index (κ2) is 7.56. The first-order valence-corrected chi connectivity index (χ1v) is 6.16. The number of benzene rings is 1. The SMILES string of the molecule is COCC(O)CCNC(=O)c1cccc(C)c1[N+](=O)[O-]. The molecule has 0 bridgehead atoms. The van der Waals surface area contributed by atoms with Crippen molar-refractivity contribution >= 4 is 11.6 Å². The fourth-order valence-corrected chi connectivity index (χ4v) is 1.81. The number of nitro groups is 1. The molecule has 0 aliphatic heterocycles. The van der Waals surface area contributed by atoms with E-state index >= 15 is 0 Å². The van der Waals surface area contributed by atoms with Crippen molar-refractivity contribution in [3.05, 3.63) is 39.4 Å². The van der Waals surface area contributed by atoms with Gasteiger partial charge in [-0.15, -0.1) is 0 Å². The standard InChI is InChI=1S/C13H18N2O5/c1-9-4-3-5-11(12(9)15(18)19)13(17)14-7-6-10(16)8-20-2/h3-5,10,16H,6-8H2,1-2H3,(H,14,17). The number of hydrogen-bond acceptors (Lipinski definition) is 5. The third-order valence-corrected chi connectivity index (χ3v) is 2.79. The molecule has 0 saturated heterocycles. The van der Waals surface area contributed by atoms with Crippen LogP contribution in [-0.2, 0) is 4.74 Å². The van der Waals surface area contributed by atoms with E-state index in [0.29, 0.717) is 12.0 Å². The van der Waals surface area contributed by atoms with E-state index in [0.717, 1.165) is 0 Å². The Balaban J connectivity index is 2.69. The molecule has 0 fully saturated rings. The van der Waals surface area contributed by atoms with Gasteiger partial charge in [0.25, 0.3) is 11.6 Å². The molecule has 0 aliphatic carbocycles. The van der Waals surface area contributed by atoms with Gasteiger partial charge in [0.05, 0.1) is 17.6 Å². The zero-order valence-electron chi connectivity index (χ0n) is 11.5. The summed E-state index contributed by atoms with van der Waals surface area (Å²) >= 11 is 0. The van der Waals surface area contributed by atoms with Crippen molar-refractivity contribution in [3.63, 3.8) is 0 Å². The van der Waals surface area contributed by atoms with Gasteiger partial charge in [0, 0.05) is 19.2 Å². The molecule has 1 rings (SSSR count). The Labute approximate surface area is 116 Å². The first kappa shape index (κ1) is 16.1. The molecule has 0 aliphatic rings. The summed E-state index contributed by atoms with van der Waals surface area (Å²) in [7, 11) is 1.47. The van der Waals surface area contributed by atoms with Crippen LogP contribution in [0.2, 0.25) is 0 Å². The quantitative estimate of drug-likeness (QED) is 0.574. The topological polar surface area (TPSA) is 102 Å². The lowest BCUT2D eigenvalue weighted by Gasteiger charge is -2.10. The first-order valence-electron chi connectivity index (χ1n) is 6.16. The highest BCUT2D eigenvalue weighted by atomic mass is 16.6. The van der Waals surface area contributed by atoms with Crippen LogP contribution in [0.15, 0.2) is 18.2 Å². The maximum atomic E-state index is 11.9. The van der Waals surface area contributed by atoms with E-state index in [1.165, 1.54) is 13.2 Å². The average Bonchev–Trinajstić information content (AvgIpc) is 2.38. The maximum Gasteiger partial charge on any atom is 0.285 e. The first-order chi connectivity index (χ1) is 9.47. The zero-order chi connectivity index (χ0) is 15.1. The second-order valence-corrected chi connectivity index (χ2v) is 4.38. The summed E-state index contributed by atoms with van der Waals surface area (Å²) in [5.41, 5.74) is 0.265. The van der Waals surface area contributed by atoms with Crippen LogP contribution in [0.4, 0.5) is 5.69 Å². The Morgan fingerprint density at radius 2 is 2.25 bits per heavy atom. The van der Waals surface area contributed by atoms with E-state index in [1.807, 2.05) is 0 Å². The van der Waals surface area contributed by atoms with E-state index in [2.05, 4.69) is 5.32 Å². The molecule has 1 amide bonds. The van der Waals surface area contributed by atoms with E-state index in [4.69, 9.17) is 4.74 Å². The fraction of sp³-hybridized carbons (Fsp3) is 0.462. The van der Waals surface area contributed by atoms with Gasteiger partial charge in [-0.3, -0.25) is 14.9 Å². The number of carbonyl (C=O) groups is 1. The minimum atomic E-state index is -0.673. The number of nitrogens with zero attached hydrogens (tertiary/aromatic N) is 1. The molecule has 20 heavy (non-hydrogen) atoms. The Morgan fingerprint density at radius 3 is 2.85 bits per heavy atom. The molecule has 1 unspecified atom stereocenters. The van der Waals surface area contributed by atoms with Gasteiger partial charge in [0.1, 0.15) is 5.56 Å². The number of nitrogens with one attached hydrogen (secondary N) is 1. The van der Waals surface area contributed by atoms with Gasteiger partial charge in [0.2, 0.25) is 0 Å². The summed E-state index contributed by atoms with van der Waals surface area (Å²) in [5.74, 6) is -0.523. The number of nitro benzene ring substituents is 1. The largest absolute Gasteiger partial charge is 0.391 e. The molecule has 0 radical (unpaired) electrons. The summed E-state index contributed by atoms with van der Waals surface area (Å²) in [6.45, 7) is 1.98. The molecular formula is C13H18N2O5. The minimum Gasteiger partial charge on any atom is -0.391 e. The average molecular weight is 282 g/mol. The van der Waals surface area contributed by atoms with Crippen molar-refractivity contribution in [1.82, 2.24) is 5.32 Å². The van der Waals surface area contributed by atoms with E-state index in [-0.39, 0.29) is 24.4 Å². The van der Waals surface area contributed by atoms with Crippen molar-refractivity contribution in [2.24, 2.45) is 0 Å². The predicted molar refractivity (Wildman–Crippen MR) is 72.7 cm³/mol. The third-order valence-electron chi connectivity index (χ3n) is 2.79. The van der Waals surface area contributed by atoms with E-state index in [9.17, 15) is 20.0 Å². The van der Waals surface area contributed by atoms with Crippen molar-refractivity contribution in [1.29, 1.82) is 0 Å². The number of hydrogen-bond donors (Lipinski definition) is 2. The fourth-order valence-electron chi connectivity index (χ4n) is 1.81. The number of methoxy groups -OCH3 is 1. The Kier molecular flexibility index (Phi) is 6.08. The molecule has 110 valence electrons. The highest BCUT2D eigenvalue weighted by Crippen LogP contribution is 2.22. The highest BCUT2D eigenvalue weighted by Gasteiger charge is 2.22. The van der Waals surface area contributed by atoms with Crippen molar-refractivity contribution < 1.29 is 19.6 Å². The van der Waals surface area contributed by atoms with Crippen molar-refractivity contribution in [2.75, 3.05) is 20.3 Å². The lowest BCUT2D eigenvalue weighted by atomic mass is 10.1. The highest BCUT2D eigenvalue weighted by molar-refractivity contribution is 5.98. The minimum absolute atomic E-state index is 0.0243. The van der Waals surface area contributed by atoms with Crippen LogP contribution in [0.5, 0.6) is 0 Å². The van der Waals surface area contributed by atoms with Gasteiger partial charge in [-0.25, -0.2) is 0 Å². The molecule has 0 heterocycles. The zero-order valence-corrected chi connectivity index (χ0v) is 11.5. The maximum absolute atomic E-state index is 11.9. The number of para-hydroxylation sites is 1. The Bertz CT molecular complexity index is 490. The van der Waals surface area contributed by atoms with Crippen LogP contribution in [-0.4, -0.2) is 42.3 Å². The number of amides is 1. The summed E-state index contributed by atoms with van der Waals surface area (Å²) < 4.78 is 4.76. The van der Waals surface area contributed by atoms with Crippen molar-refractivity contribution in [3.8, 4) is 0 Å². The van der Waals surface area contributed by atoms with Gasteiger partial charge in [-0.1, -0.05) is 12.1 Å². The number of aliphatic hydroxyl groups is 1. The normalized spacial score (nSPS) is 11.9. The molecule has 1 aromatic rings. The van der Waals surface area contributed by atoms with Crippen LogP contribution >= 0.6 is 0 Å². The van der Waals surface area contributed by atoms with Crippen LogP contribution in [0, 0.1) is 17.0 Å². The van der Waals surface area contributed by atoms with Gasteiger partial charge in [-0.05, 0) is 19.4 Å². The molecule has 0 saturated carbocycles. The number of rotatable bonds is 7. The molecule has 1 atom stereocenters. The Hall–Kier alpha value is -1.99. The molecular weight excluding hydrogens is 264 g/mol. The van der Waals surface area contributed by atoms with Gasteiger partial charge < -0.3 is 15.2 Å². The molecule has 0 spiro atoms. The van der Waals surface area contributed by atoms with Crippen LogP contribution in [0.25, 0.3) is 0 Å².